The Labute approximate surface area is 136 Å². The molecule has 0 aliphatic rings. The van der Waals surface area contributed by atoms with E-state index in [0.29, 0.717) is 5.15 Å². The van der Waals surface area contributed by atoms with E-state index >= 15 is 0 Å². The normalized spacial score (nSPS) is 12.6. The van der Waals surface area contributed by atoms with E-state index in [4.69, 9.17) is 16.0 Å². The minimum Gasteiger partial charge on any atom is -0.459 e. The lowest BCUT2D eigenvalue weighted by Crippen LogP contribution is -2.07. The van der Waals surface area contributed by atoms with Crippen LogP contribution in [0.25, 0.3) is 11.0 Å². The summed E-state index contributed by atoms with van der Waals surface area (Å²) in [4.78, 5) is 4.12. The van der Waals surface area contributed by atoms with Gasteiger partial charge in [-0.2, -0.15) is 0 Å². The topological polar surface area (TPSA) is 38.1 Å². The largest absolute Gasteiger partial charge is 0.459 e. The molecule has 0 saturated heterocycles. The van der Waals surface area contributed by atoms with Gasteiger partial charge in [0.15, 0.2) is 0 Å². The summed E-state index contributed by atoms with van der Waals surface area (Å²) in [5.74, 6) is 0.933. The number of fused-ring (bicyclic) bond motifs is 1. The van der Waals surface area contributed by atoms with E-state index in [9.17, 15) is 0 Å². The second kappa shape index (κ2) is 5.70. The molecule has 0 aliphatic heterocycles. The van der Waals surface area contributed by atoms with Crippen molar-refractivity contribution in [3.8, 4) is 0 Å². The first-order valence-electron chi connectivity index (χ1n) is 6.62. The Balaban J connectivity index is 1.91. The van der Waals surface area contributed by atoms with Crippen LogP contribution in [0.4, 0.5) is 5.69 Å². The lowest BCUT2D eigenvalue weighted by Gasteiger charge is -2.14. The number of aryl methyl sites for hydroxylation is 1. The zero-order chi connectivity index (χ0) is 15.0. The highest BCUT2D eigenvalue weighted by Crippen LogP contribution is 2.31. The minimum atomic E-state index is 0.0345. The maximum absolute atomic E-state index is 5.97. The second-order valence-electron chi connectivity index (χ2n) is 4.95. The molecule has 1 atom stereocenters. The van der Waals surface area contributed by atoms with E-state index in [1.165, 1.54) is 0 Å². The van der Waals surface area contributed by atoms with Crippen LogP contribution >= 0.6 is 27.5 Å². The zero-order valence-corrected chi connectivity index (χ0v) is 14.0. The fourth-order valence-electron chi connectivity index (χ4n) is 2.42. The van der Waals surface area contributed by atoms with Crippen LogP contribution in [0.3, 0.4) is 0 Å². The third-order valence-corrected chi connectivity index (χ3v) is 4.59. The van der Waals surface area contributed by atoms with Gasteiger partial charge in [0, 0.05) is 10.9 Å². The Kier molecular flexibility index (Phi) is 3.91. The van der Waals surface area contributed by atoms with Gasteiger partial charge >= 0.3 is 0 Å². The summed E-state index contributed by atoms with van der Waals surface area (Å²) in [6, 6.07) is 10.0. The molecule has 0 spiro atoms. The van der Waals surface area contributed by atoms with Crippen molar-refractivity contribution in [3.63, 3.8) is 0 Å². The fraction of sp³-hybridized carbons (Fsp3) is 0.188. The number of para-hydroxylation sites is 1. The molecule has 0 saturated carbocycles. The maximum atomic E-state index is 5.97. The Morgan fingerprint density at radius 1 is 1.33 bits per heavy atom. The molecule has 108 valence electrons. The second-order valence-corrected chi connectivity index (χ2v) is 6.16. The SMILES string of the molecule is Cc1c(C(C)Nc2cnc(Cl)c(Br)c2)oc2ccccc12. The van der Waals surface area contributed by atoms with Crippen LogP contribution in [0.1, 0.15) is 24.3 Å². The molecule has 3 rings (SSSR count). The van der Waals surface area contributed by atoms with Crippen molar-refractivity contribution in [2.24, 2.45) is 0 Å². The van der Waals surface area contributed by atoms with Crippen molar-refractivity contribution in [1.29, 1.82) is 0 Å². The standard InChI is InChI=1S/C16H14BrClN2O/c1-9-12-5-3-4-6-14(12)21-15(9)10(2)20-11-7-13(17)16(18)19-8-11/h3-8,10,20H,1-2H3. The van der Waals surface area contributed by atoms with E-state index in [-0.39, 0.29) is 6.04 Å². The predicted molar refractivity (Wildman–Crippen MR) is 89.9 cm³/mol. The number of furan rings is 1. The molecule has 1 N–H and O–H groups in total. The smallest absolute Gasteiger partial charge is 0.143 e. The third kappa shape index (κ3) is 2.78. The number of anilines is 1. The van der Waals surface area contributed by atoms with E-state index in [1.807, 2.05) is 24.3 Å². The summed E-state index contributed by atoms with van der Waals surface area (Å²) < 4.78 is 6.73. The number of rotatable bonds is 3. The number of benzene rings is 1. The summed E-state index contributed by atoms with van der Waals surface area (Å²) in [5.41, 5.74) is 2.96. The Hall–Kier alpha value is -1.52. The van der Waals surface area contributed by atoms with E-state index in [1.54, 1.807) is 6.20 Å². The molecule has 0 radical (unpaired) electrons. The van der Waals surface area contributed by atoms with Crippen molar-refractivity contribution < 1.29 is 4.42 Å². The van der Waals surface area contributed by atoms with E-state index in [2.05, 4.69) is 46.1 Å². The van der Waals surface area contributed by atoms with Gasteiger partial charge in [0.05, 0.1) is 22.4 Å². The molecule has 3 nitrogen and oxygen atoms in total. The first-order valence-corrected chi connectivity index (χ1v) is 7.79. The monoisotopic (exact) mass is 364 g/mol. The maximum Gasteiger partial charge on any atom is 0.143 e. The van der Waals surface area contributed by atoms with Gasteiger partial charge in [0.2, 0.25) is 0 Å². The van der Waals surface area contributed by atoms with Crippen molar-refractivity contribution in [2.75, 3.05) is 5.32 Å². The summed E-state index contributed by atoms with van der Waals surface area (Å²) >= 11 is 9.29. The molecular formula is C16H14BrClN2O. The Morgan fingerprint density at radius 2 is 2.10 bits per heavy atom. The predicted octanol–water partition coefficient (Wildman–Crippen LogP) is 5.73. The summed E-state index contributed by atoms with van der Waals surface area (Å²) in [7, 11) is 0. The van der Waals surface area contributed by atoms with Gasteiger partial charge in [0.1, 0.15) is 16.5 Å². The zero-order valence-electron chi connectivity index (χ0n) is 11.7. The van der Waals surface area contributed by atoms with Gasteiger partial charge in [-0.1, -0.05) is 29.8 Å². The Morgan fingerprint density at radius 3 is 2.81 bits per heavy atom. The number of nitrogens with one attached hydrogen (secondary N) is 1. The van der Waals surface area contributed by atoms with Gasteiger partial charge in [-0.05, 0) is 41.9 Å². The lowest BCUT2D eigenvalue weighted by molar-refractivity contribution is 0.522. The Bertz CT molecular complexity index is 800. The van der Waals surface area contributed by atoms with Gasteiger partial charge in [-0.25, -0.2) is 4.98 Å². The minimum absolute atomic E-state index is 0.0345. The fourth-order valence-corrected chi connectivity index (χ4v) is 2.87. The number of halogens is 2. The number of hydrogen-bond acceptors (Lipinski definition) is 3. The van der Waals surface area contributed by atoms with Crippen LogP contribution in [0.2, 0.25) is 5.15 Å². The first-order chi connectivity index (χ1) is 10.1. The highest BCUT2D eigenvalue weighted by atomic mass is 79.9. The van der Waals surface area contributed by atoms with Crippen LogP contribution in [0.15, 0.2) is 45.4 Å². The highest BCUT2D eigenvalue weighted by molar-refractivity contribution is 9.10. The van der Waals surface area contributed by atoms with E-state index in [0.717, 1.165) is 32.5 Å². The number of hydrogen-bond donors (Lipinski definition) is 1. The van der Waals surface area contributed by atoms with Crippen LogP contribution in [-0.4, -0.2) is 4.98 Å². The van der Waals surface area contributed by atoms with Gasteiger partial charge < -0.3 is 9.73 Å². The quantitative estimate of drug-likeness (QED) is 0.603. The molecule has 5 heteroatoms. The van der Waals surface area contributed by atoms with Crippen LogP contribution in [0.5, 0.6) is 0 Å². The van der Waals surface area contributed by atoms with Gasteiger partial charge in [-0.3, -0.25) is 0 Å². The molecule has 1 unspecified atom stereocenters. The average Bonchev–Trinajstić information content (AvgIpc) is 2.81. The van der Waals surface area contributed by atoms with Crippen molar-refractivity contribution in [2.45, 2.75) is 19.9 Å². The van der Waals surface area contributed by atoms with E-state index < -0.39 is 0 Å². The highest BCUT2D eigenvalue weighted by Gasteiger charge is 2.16. The van der Waals surface area contributed by atoms with Crippen LogP contribution in [-0.2, 0) is 0 Å². The third-order valence-electron chi connectivity index (χ3n) is 3.45. The summed E-state index contributed by atoms with van der Waals surface area (Å²) in [6.07, 6.45) is 1.71. The van der Waals surface area contributed by atoms with Crippen LogP contribution < -0.4 is 5.32 Å². The number of pyridine rings is 1. The molecule has 0 fully saturated rings. The number of aromatic nitrogens is 1. The summed E-state index contributed by atoms with van der Waals surface area (Å²) in [6.45, 7) is 4.14. The molecule has 0 aliphatic carbocycles. The molecule has 1 aromatic carbocycles. The molecule has 0 bridgehead atoms. The lowest BCUT2D eigenvalue weighted by atomic mass is 10.1. The number of nitrogens with zero attached hydrogens (tertiary/aromatic N) is 1. The average molecular weight is 366 g/mol. The molecule has 0 amide bonds. The van der Waals surface area contributed by atoms with Gasteiger partial charge in [0.25, 0.3) is 0 Å². The first kappa shape index (κ1) is 14.4. The summed E-state index contributed by atoms with van der Waals surface area (Å²) in [5, 5.41) is 4.98. The molecular weight excluding hydrogens is 352 g/mol. The van der Waals surface area contributed by atoms with Crippen molar-refractivity contribution >= 4 is 44.2 Å². The molecule has 2 heterocycles. The molecule has 3 aromatic rings. The van der Waals surface area contributed by atoms with Crippen molar-refractivity contribution in [1.82, 2.24) is 4.98 Å². The van der Waals surface area contributed by atoms with Crippen molar-refractivity contribution in [3.05, 3.63) is 57.5 Å². The molecule has 2 aromatic heterocycles. The van der Waals surface area contributed by atoms with Crippen LogP contribution in [0, 0.1) is 6.92 Å². The van der Waals surface area contributed by atoms with Gasteiger partial charge in [-0.15, -0.1) is 0 Å². The molecule has 21 heavy (non-hydrogen) atoms.